The van der Waals surface area contributed by atoms with Crippen LogP contribution in [0.25, 0.3) is 0 Å². The summed E-state index contributed by atoms with van der Waals surface area (Å²) in [6.07, 6.45) is 7.87. The number of carbonyl (C=O) groups excluding carboxylic acids is 1. The van der Waals surface area contributed by atoms with E-state index in [4.69, 9.17) is 5.73 Å². The monoisotopic (exact) mass is 362 g/mol. The van der Waals surface area contributed by atoms with E-state index in [9.17, 15) is 4.79 Å². The van der Waals surface area contributed by atoms with Crippen molar-refractivity contribution < 1.29 is 4.79 Å². The minimum atomic E-state index is 0. The van der Waals surface area contributed by atoms with Crippen LogP contribution in [-0.4, -0.2) is 18.0 Å². The van der Waals surface area contributed by atoms with E-state index in [0.29, 0.717) is 29.8 Å². The Labute approximate surface area is 157 Å². The Balaban J connectivity index is 0.00000182. The third-order valence-electron chi connectivity index (χ3n) is 6.99. The summed E-state index contributed by atoms with van der Waals surface area (Å²) in [5, 5.41) is 3.34. The molecule has 3 aliphatic rings. The van der Waals surface area contributed by atoms with Crippen LogP contribution in [0, 0.1) is 17.8 Å². The second-order valence-electron chi connectivity index (χ2n) is 8.74. The molecule has 0 aliphatic heterocycles. The first-order chi connectivity index (χ1) is 11.5. The van der Waals surface area contributed by atoms with Crippen molar-refractivity contribution in [3.63, 3.8) is 0 Å². The highest BCUT2D eigenvalue weighted by atomic mass is 35.5. The normalized spacial score (nSPS) is 39.7. The molecule has 4 heteroatoms. The molecule has 2 bridgehead atoms. The van der Waals surface area contributed by atoms with Crippen molar-refractivity contribution in [1.29, 1.82) is 0 Å². The minimum Gasteiger partial charge on any atom is -0.353 e. The molecule has 0 heterocycles. The van der Waals surface area contributed by atoms with Crippen LogP contribution in [0.5, 0.6) is 0 Å². The van der Waals surface area contributed by atoms with E-state index in [2.05, 4.69) is 42.6 Å². The lowest BCUT2D eigenvalue weighted by molar-refractivity contribution is -0.129. The summed E-state index contributed by atoms with van der Waals surface area (Å²) in [4.78, 5) is 12.7. The molecule has 1 aromatic rings. The number of amides is 1. The van der Waals surface area contributed by atoms with Gasteiger partial charge in [-0.25, -0.2) is 0 Å². The largest absolute Gasteiger partial charge is 0.353 e. The first kappa shape index (κ1) is 18.7. The smallest absolute Gasteiger partial charge is 0.223 e. The lowest BCUT2D eigenvalue weighted by Gasteiger charge is -2.47. The van der Waals surface area contributed by atoms with Crippen molar-refractivity contribution in [3.8, 4) is 0 Å². The summed E-state index contributed by atoms with van der Waals surface area (Å²) in [5.41, 5.74) is 7.98. The van der Waals surface area contributed by atoms with Crippen molar-refractivity contribution in [2.75, 3.05) is 0 Å². The molecule has 138 valence electrons. The summed E-state index contributed by atoms with van der Waals surface area (Å²) >= 11 is 0. The van der Waals surface area contributed by atoms with E-state index < -0.39 is 0 Å². The Bertz CT molecular complexity index is 585. The maximum absolute atomic E-state index is 12.7. The summed E-state index contributed by atoms with van der Waals surface area (Å²) in [7, 11) is 0. The summed E-state index contributed by atoms with van der Waals surface area (Å²) in [6.45, 7) is 2.31. The molecule has 25 heavy (non-hydrogen) atoms. The van der Waals surface area contributed by atoms with Gasteiger partial charge in [-0.1, -0.05) is 43.7 Å². The van der Waals surface area contributed by atoms with Gasteiger partial charge in [0, 0.05) is 18.0 Å². The zero-order chi connectivity index (χ0) is 16.7. The number of rotatable bonds is 3. The molecule has 2 atom stereocenters. The number of carbonyl (C=O) groups is 1. The van der Waals surface area contributed by atoms with Crippen molar-refractivity contribution in [2.24, 2.45) is 23.5 Å². The zero-order valence-electron chi connectivity index (χ0n) is 15.1. The minimum absolute atomic E-state index is 0. The molecule has 2 unspecified atom stereocenters. The van der Waals surface area contributed by atoms with Gasteiger partial charge in [-0.15, -0.1) is 12.4 Å². The number of halogens is 1. The molecule has 1 aromatic carbocycles. The average Bonchev–Trinajstić information content (AvgIpc) is 2.53. The maximum atomic E-state index is 12.7. The van der Waals surface area contributed by atoms with Crippen LogP contribution < -0.4 is 11.1 Å². The van der Waals surface area contributed by atoms with Crippen LogP contribution in [-0.2, 0) is 10.2 Å². The molecule has 3 saturated carbocycles. The van der Waals surface area contributed by atoms with Crippen LogP contribution >= 0.6 is 12.4 Å². The van der Waals surface area contributed by atoms with E-state index in [1.165, 1.54) is 24.8 Å². The SMILES string of the molecule is CC1(c2ccccc2)CC(NC(=O)C2CC3CCCC(C2)C3N)C1.Cl. The highest BCUT2D eigenvalue weighted by Gasteiger charge is 2.44. The van der Waals surface area contributed by atoms with Crippen molar-refractivity contribution in [3.05, 3.63) is 35.9 Å². The Morgan fingerprint density at radius 1 is 1.12 bits per heavy atom. The van der Waals surface area contributed by atoms with Gasteiger partial charge < -0.3 is 11.1 Å². The zero-order valence-corrected chi connectivity index (χ0v) is 15.9. The van der Waals surface area contributed by atoms with Crippen LogP contribution in [0.1, 0.15) is 57.4 Å². The average molecular weight is 363 g/mol. The predicted octanol–water partition coefficient (Wildman–Crippen LogP) is 3.80. The molecular weight excluding hydrogens is 332 g/mol. The molecular formula is C21H31ClN2O. The quantitative estimate of drug-likeness (QED) is 0.859. The Hall–Kier alpha value is -1.06. The van der Waals surface area contributed by atoms with E-state index in [1.807, 2.05) is 0 Å². The van der Waals surface area contributed by atoms with E-state index in [-0.39, 0.29) is 23.7 Å². The molecule has 3 nitrogen and oxygen atoms in total. The van der Waals surface area contributed by atoms with E-state index in [0.717, 1.165) is 25.7 Å². The molecule has 3 aliphatic carbocycles. The molecule has 1 amide bonds. The fraction of sp³-hybridized carbons (Fsp3) is 0.667. The standard InChI is InChI=1S/C21H30N2O.ClH/c1-21(17-8-3-2-4-9-17)12-18(13-21)23-20(24)16-10-14-6-5-7-15(11-16)19(14)22;/h2-4,8-9,14-16,18-19H,5-7,10-13,22H2,1H3,(H,23,24);1H. The van der Waals surface area contributed by atoms with Crippen molar-refractivity contribution in [1.82, 2.24) is 5.32 Å². The van der Waals surface area contributed by atoms with E-state index in [1.54, 1.807) is 0 Å². The first-order valence-corrected chi connectivity index (χ1v) is 9.67. The van der Waals surface area contributed by atoms with Crippen LogP contribution in [0.4, 0.5) is 0 Å². The van der Waals surface area contributed by atoms with E-state index >= 15 is 0 Å². The Morgan fingerprint density at radius 3 is 2.32 bits per heavy atom. The fourth-order valence-electron chi connectivity index (χ4n) is 5.53. The fourth-order valence-corrected chi connectivity index (χ4v) is 5.53. The van der Waals surface area contributed by atoms with Crippen molar-refractivity contribution >= 4 is 18.3 Å². The molecule has 3 fully saturated rings. The number of fused-ring (bicyclic) bond motifs is 2. The highest BCUT2D eigenvalue weighted by Crippen LogP contribution is 2.45. The maximum Gasteiger partial charge on any atom is 0.223 e. The summed E-state index contributed by atoms with van der Waals surface area (Å²) in [6, 6.07) is 11.4. The highest BCUT2D eigenvalue weighted by molar-refractivity contribution is 5.85. The molecule has 0 spiro atoms. The van der Waals surface area contributed by atoms with Gasteiger partial charge in [-0.05, 0) is 61.3 Å². The van der Waals surface area contributed by atoms with Gasteiger partial charge in [0.25, 0.3) is 0 Å². The van der Waals surface area contributed by atoms with Crippen LogP contribution in [0.15, 0.2) is 30.3 Å². The number of hydrogen-bond acceptors (Lipinski definition) is 2. The molecule has 0 saturated heterocycles. The van der Waals surface area contributed by atoms with Crippen LogP contribution in [0.2, 0.25) is 0 Å². The van der Waals surface area contributed by atoms with Gasteiger partial charge in [-0.2, -0.15) is 0 Å². The second kappa shape index (κ2) is 7.28. The molecule has 3 N–H and O–H groups in total. The summed E-state index contributed by atoms with van der Waals surface area (Å²) < 4.78 is 0. The lowest BCUT2D eigenvalue weighted by atomic mass is 9.62. The van der Waals surface area contributed by atoms with Gasteiger partial charge in [0.2, 0.25) is 5.91 Å². The predicted molar refractivity (Wildman–Crippen MR) is 104 cm³/mol. The Morgan fingerprint density at radius 2 is 1.72 bits per heavy atom. The van der Waals surface area contributed by atoms with Crippen LogP contribution in [0.3, 0.4) is 0 Å². The van der Waals surface area contributed by atoms with Gasteiger partial charge in [-0.3, -0.25) is 4.79 Å². The third-order valence-corrected chi connectivity index (χ3v) is 6.99. The van der Waals surface area contributed by atoms with Gasteiger partial charge in [0.05, 0.1) is 0 Å². The number of hydrogen-bond donors (Lipinski definition) is 2. The van der Waals surface area contributed by atoms with Gasteiger partial charge in [0.1, 0.15) is 0 Å². The number of nitrogens with one attached hydrogen (secondary N) is 1. The topological polar surface area (TPSA) is 55.1 Å². The number of benzene rings is 1. The molecule has 0 radical (unpaired) electrons. The van der Waals surface area contributed by atoms with Crippen molar-refractivity contribution in [2.45, 2.75) is 69.4 Å². The van der Waals surface area contributed by atoms with Gasteiger partial charge in [0.15, 0.2) is 0 Å². The molecule has 0 aromatic heterocycles. The first-order valence-electron chi connectivity index (χ1n) is 9.67. The molecule has 4 rings (SSSR count). The Kier molecular flexibility index (Phi) is 5.45. The second-order valence-corrected chi connectivity index (χ2v) is 8.74. The van der Waals surface area contributed by atoms with Gasteiger partial charge >= 0.3 is 0 Å². The summed E-state index contributed by atoms with van der Waals surface area (Å²) in [5.74, 6) is 1.64. The number of nitrogens with two attached hydrogens (primary N) is 1. The lowest BCUT2D eigenvalue weighted by Crippen LogP contribution is -2.55. The third kappa shape index (κ3) is 3.59.